The molecule has 2 aromatic rings. The first-order valence-corrected chi connectivity index (χ1v) is 7.56. The molecule has 0 aliphatic carbocycles. The summed E-state index contributed by atoms with van der Waals surface area (Å²) >= 11 is 1.26. The molecule has 1 aromatic carbocycles. The summed E-state index contributed by atoms with van der Waals surface area (Å²) in [6.07, 6.45) is 1.45. The molecule has 3 nitrogen and oxygen atoms in total. The van der Waals surface area contributed by atoms with Crippen molar-refractivity contribution >= 4 is 23.2 Å². The molecule has 0 saturated carbocycles. The predicted octanol–water partition coefficient (Wildman–Crippen LogP) is 4.76. The second kappa shape index (κ2) is 7.16. The van der Waals surface area contributed by atoms with E-state index < -0.39 is 6.61 Å². The highest BCUT2D eigenvalue weighted by Gasteiger charge is 2.15. The van der Waals surface area contributed by atoms with Crippen LogP contribution in [0.3, 0.4) is 0 Å². The Morgan fingerprint density at radius 1 is 1.35 bits per heavy atom. The van der Waals surface area contributed by atoms with Crippen LogP contribution in [0.15, 0.2) is 35.2 Å². The fourth-order valence-corrected chi connectivity index (χ4v) is 2.88. The highest BCUT2D eigenvalue weighted by atomic mass is 32.1. The molecule has 0 fully saturated rings. The van der Waals surface area contributed by atoms with E-state index in [1.54, 1.807) is 43.5 Å². The van der Waals surface area contributed by atoms with Gasteiger partial charge in [0.1, 0.15) is 17.4 Å². The monoisotopic (exact) mass is 333 g/mol. The van der Waals surface area contributed by atoms with Crippen LogP contribution < -0.4 is 4.74 Å². The van der Waals surface area contributed by atoms with E-state index in [1.807, 2.05) is 6.07 Å². The Morgan fingerprint density at radius 2 is 2.00 bits per heavy atom. The topological polar surface area (TPSA) is 50.1 Å². The molecular formula is C17H13F2NO2S. The second-order valence-corrected chi connectivity index (χ2v) is 5.79. The number of halogens is 2. The standard InChI is InChI=1S/C17H13F2NO2S/c1-10-6-12(7-11(2)16(10)22-17(18)19)8-13(9-20)15(21)14-4-3-5-23-14/h3-8,17H,1-2H3/b13-8+. The van der Waals surface area contributed by atoms with Crippen LogP contribution in [0.4, 0.5) is 8.78 Å². The zero-order valence-corrected chi connectivity index (χ0v) is 13.3. The summed E-state index contributed by atoms with van der Waals surface area (Å²) in [5.41, 5.74) is 1.60. The number of benzene rings is 1. The summed E-state index contributed by atoms with van der Waals surface area (Å²) in [6, 6.07) is 8.47. The highest BCUT2D eigenvalue weighted by molar-refractivity contribution is 7.12. The Balaban J connectivity index is 2.38. The van der Waals surface area contributed by atoms with Crippen LogP contribution in [0.1, 0.15) is 26.4 Å². The van der Waals surface area contributed by atoms with Gasteiger partial charge in [-0.1, -0.05) is 6.07 Å². The number of ether oxygens (including phenoxy) is 1. The Kier molecular flexibility index (Phi) is 5.24. The molecule has 0 aliphatic heterocycles. The molecular weight excluding hydrogens is 320 g/mol. The van der Waals surface area contributed by atoms with E-state index in [0.717, 1.165) is 0 Å². The van der Waals surface area contributed by atoms with E-state index in [9.17, 15) is 18.8 Å². The second-order valence-electron chi connectivity index (χ2n) is 4.84. The number of alkyl halides is 2. The van der Waals surface area contributed by atoms with Crippen molar-refractivity contribution in [3.8, 4) is 11.8 Å². The molecule has 0 N–H and O–H groups in total. The van der Waals surface area contributed by atoms with E-state index in [1.165, 1.54) is 17.4 Å². The molecule has 0 aliphatic rings. The summed E-state index contributed by atoms with van der Waals surface area (Å²) < 4.78 is 29.3. The molecule has 0 bridgehead atoms. The number of carbonyl (C=O) groups is 1. The van der Waals surface area contributed by atoms with Crippen LogP contribution in [0.25, 0.3) is 6.08 Å². The molecule has 0 spiro atoms. The molecule has 118 valence electrons. The van der Waals surface area contributed by atoms with Gasteiger partial charge < -0.3 is 4.74 Å². The number of aryl methyl sites for hydroxylation is 2. The van der Waals surface area contributed by atoms with Gasteiger partial charge in [0.2, 0.25) is 5.78 Å². The Labute approximate surface area is 136 Å². The lowest BCUT2D eigenvalue weighted by atomic mass is 10.0. The Hall–Kier alpha value is -2.52. The van der Waals surface area contributed by atoms with Gasteiger partial charge in [0.15, 0.2) is 0 Å². The van der Waals surface area contributed by atoms with Crippen molar-refractivity contribution in [1.29, 1.82) is 5.26 Å². The summed E-state index contributed by atoms with van der Waals surface area (Å²) in [5.74, 6) is -0.244. The third kappa shape index (κ3) is 4.02. The van der Waals surface area contributed by atoms with Crippen molar-refractivity contribution < 1.29 is 18.3 Å². The van der Waals surface area contributed by atoms with Gasteiger partial charge in [0.05, 0.1) is 4.88 Å². The smallest absolute Gasteiger partial charge is 0.387 e. The normalized spacial score (nSPS) is 11.4. The van der Waals surface area contributed by atoms with Gasteiger partial charge in [-0.2, -0.15) is 14.0 Å². The zero-order chi connectivity index (χ0) is 17.0. The third-order valence-corrected chi connectivity index (χ3v) is 3.98. The number of ketones is 1. The van der Waals surface area contributed by atoms with Crippen LogP contribution in [0.5, 0.6) is 5.75 Å². The number of allylic oxidation sites excluding steroid dienone is 1. The van der Waals surface area contributed by atoms with Crippen LogP contribution in [0.2, 0.25) is 0 Å². The fraction of sp³-hybridized carbons (Fsp3) is 0.176. The molecule has 0 atom stereocenters. The SMILES string of the molecule is Cc1cc(/C=C(\C#N)C(=O)c2cccs2)cc(C)c1OC(F)F. The molecule has 6 heteroatoms. The maximum Gasteiger partial charge on any atom is 0.387 e. The maximum atomic E-state index is 12.4. The molecule has 0 amide bonds. The molecule has 0 saturated heterocycles. The van der Waals surface area contributed by atoms with Crippen molar-refractivity contribution in [2.24, 2.45) is 0 Å². The van der Waals surface area contributed by atoms with Crippen molar-refractivity contribution in [3.05, 3.63) is 56.8 Å². The quantitative estimate of drug-likeness (QED) is 0.450. The van der Waals surface area contributed by atoms with Crippen LogP contribution in [0, 0.1) is 25.2 Å². The van der Waals surface area contributed by atoms with Crippen molar-refractivity contribution in [1.82, 2.24) is 0 Å². The summed E-state index contributed by atoms with van der Waals surface area (Å²) in [6.45, 7) is 0.369. The van der Waals surface area contributed by atoms with Crippen molar-refractivity contribution in [3.63, 3.8) is 0 Å². The summed E-state index contributed by atoms with van der Waals surface area (Å²) in [7, 11) is 0. The number of nitrogens with zero attached hydrogens (tertiary/aromatic N) is 1. The Morgan fingerprint density at radius 3 is 2.48 bits per heavy atom. The third-order valence-electron chi connectivity index (χ3n) is 3.11. The molecule has 1 heterocycles. The number of hydrogen-bond donors (Lipinski definition) is 0. The predicted molar refractivity (Wildman–Crippen MR) is 84.8 cm³/mol. The number of Topliss-reactive ketones (excluding diaryl/α,β-unsaturated/α-hetero) is 1. The lowest BCUT2D eigenvalue weighted by molar-refractivity contribution is -0.0507. The van der Waals surface area contributed by atoms with Gasteiger partial charge in [-0.25, -0.2) is 0 Å². The van der Waals surface area contributed by atoms with Gasteiger partial charge in [0.25, 0.3) is 0 Å². The first-order valence-electron chi connectivity index (χ1n) is 6.68. The van der Waals surface area contributed by atoms with Gasteiger partial charge in [-0.05, 0) is 60.2 Å². The number of thiophene rings is 1. The van der Waals surface area contributed by atoms with Gasteiger partial charge in [-0.15, -0.1) is 11.3 Å². The minimum Gasteiger partial charge on any atom is -0.434 e. The lowest BCUT2D eigenvalue weighted by Crippen LogP contribution is -2.05. The fourth-order valence-electron chi connectivity index (χ4n) is 2.20. The van der Waals surface area contributed by atoms with Gasteiger partial charge >= 0.3 is 6.61 Å². The average molecular weight is 333 g/mol. The number of carbonyl (C=O) groups excluding carboxylic acids is 1. The largest absolute Gasteiger partial charge is 0.434 e. The minimum absolute atomic E-state index is 0.00576. The minimum atomic E-state index is -2.90. The summed E-state index contributed by atoms with van der Waals surface area (Å²) in [5, 5.41) is 11.0. The first-order chi connectivity index (χ1) is 10.9. The molecule has 0 radical (unpaired) electrons. The van der Waals surface area contributed by atoms with Crippen molar-refractivity contribution in [2.75, 3.05) is 0 Å². The van der Waals surface area contributed by atoms with E-state index in [2.05, 4.69) is 4.74 Å². The average Bonchev–Trinajstić information content (AvgIpc) is 3.02. The van der Waals surface area contributed by atoms with E-state index in [0.29, 0.717) is 21.6 Å². The molecule has 2 rings (SSSR count). The van der Waals surface area contributed by atoms with E-state index in [4.69, 9.17) is 0 Å². The Bertz CT molecular complexity index is 766. The first kappa shape index (κ1) is 16.8. The number of rotatable bonds is 5. The molecule has 23 heavy (non-hydrogen) atoms. The zero-order valence-electron chi connectivity index (χ0n) is 12.5. The number of hydrogen-bond acceptors (Lipinski definition) is 4. The maximum absolute atomic E-state index is 12.4. The highest BCUT2D eigenvalue weighted by Crippen LogP contribution is 2.27. The van der Waals surface area contributed by atoms with Crippen LogP contribution in [-0.4, -0.2) is 12.4 Å². The summed E-state index contributed by atoms with van der Waals surface area (Å²) in [4.78, 5) is 12.7. The lowest BCUT2D eigenvalue weighted by Gasteiger charge is -2.12. The molecule has 0 unspecified atom stereocenters. The van der Waals surface area contributed by atoms with E-state index >= 15 is 0 Å². The molecule has 1 aromatic heterocycles. The van der Waals surface area contributed by atoms with Crippen LogP contribution in [-0.2, 0) is 0 Å². The van der Waals surface area contributed by atoms with E-state index in [-0.39, 0.29) is 17.1 Å². The van der Waals surface area contributed by atoms with Gasteiger partial charge in [0, 0.05) is 0 Å². The van der Waals surface area contributed by atoms with Crippen LogP contribution >= 0.6 is 11.3 Å². The number of nitriles is 1. The van der Waals surface area contributed by atoms with Gasteiger partial charge in [-0.3, -0.25) is 4.79 Å². The van der Waals surface area contributed by atoms with Crippen molar-refractivity contribution in [2.45, 2.75) is 20.5 Å².